The minimum atomic E-state index is 0.449. The molecule has 0 saturated heterocycles. The topological polar surface area (TPSA) is 41.6 Å². The molecular weight excluding hydrogens is 242 g/mol. The van der Waals surface area contributed by atoms with Crippen LogP contribution in [-0.4, -0.2) is 9.55 Å². The first-order valence-corrected chi connectivity index (χ1v) is 4.58. The minimum Gasteiger partial charge on any atom is -0.306 e. The molecule has 0 aliphatic rings. The molecule has 1 aromatic heterocycles. The van der Waals surface area contributed by atoms with E-state index >= 15 is 0 Å². The van der Waals surface area contributed by atoms with Gasteiger partial charge in [-0.05, 0) is 6.08 Å². The molecule has 4 heteroatoms. The highest BCUT2D eigenvalue weighted by Gasteiger charge is 2.03. The number of aromatic nitrogens is 2. The van der Waals surface area contributed by atoms with Gasteiger partial charge >= 0.3 is 0 Å². The number of nitriles is 1. The fraction of sp³-hybridized carbons (Fsp3) is 0. The maximum atomic E-state index is 8.87. The molecule has 0 fully saturated rings. The lowest BCUT2D eigenvalue weighted by molar-refractivity contribution is 1.09. The SMILES string of the molecule is C=C(Br)/C=C(/C#N)C(=C)n1ccnc1. The average molecular weight is 250 g/mol. The van der Waals surface area contributed by atoms with Gasteiger partial charge in [0.1, 0.15) is 6.07 Å². The van der Waals surface area contributed by atoms with Crippen LogP contribution in [0, 0.1) is 11.3 Å². The van der Waals surface area contributed by atoms with E-state index in [9.17, 15) is 0 Å². The van der Waals surface area contributed by atoms with E-state index in [1.54, 1.807) is 29.4 Å². The van der Waals surface area contributed by atoms with Crippen molar-refractivity contribution in [2.75, 3.05) is 0 Å². The smallest absolute Gasteiger partial charge is 0.101 e. The van der Waals surface area contributed by atoms with Crippen LogP contribution in [0.5, 0.6) is 0 Å². The summed E-state index contributed by atoms with van der Waals surface area (Å²) in [5.74, 6) is 0. The molecule has 0 aliphatic heterocycles. The second-order valence-electron chi connectivity index (χ2n) is 2.53. The molecule has 0 atom stereocenters. The molecule has 0 aromatic carbocycles. The quantitative estimate of drug-likeness (QED) is 0.611. The van der Waals surface area contributed by atoms with Crippen molar-refractivity contribution in [3.8, 4) is 6.07 Å². The van der Waals surface area contributed by atoms with E-state index in [2.05, 4.69) is 34.1 Å². The summed E-state index contributed by atoms with van der Waals surface area (Å²) in [6.45, 7) is 7.42. The van der Waals surface area contributed by atoms with Gasteiger partial charge in [-0.3, -0.25) is 0 Å². The Balaban J connectivity index is 3.00. The standard InChI is InChI=1S/C10H8BrN3/c1-8(11)5-10(6-12)9(2)14-4-3-13-7-14/h3-5,7H,1-2H2/b10-5-. The van der Waals surface area contributed by atoms with Crippen LogP contribution in [0.15, 0.2) is 48.0 Å². The van der Waals surface area contributed by atoms with Gasteiger partial charge < -0.3 is 4.57 Å². The lowest BCUT2D eigenvalue weighted by Crippen LogP contribution is -1.94. The minimum absolute atomic E-state index is 0.449. The molecule has 0 saturated carbocycles. The van der Waals surface area contributed by atoms with Gasteiger partial charge in [-0.2, -0.15) is 5.26 Å². The Kier molecular flexibility index (Phi) is 3.43. The van der Waals surface area contributed by atoms with Crippen molar-refractivity contribution < 1.29 is 0 Å². The van der Waals surface area contributed by atoms with E-state index in [1.807, 2.05) is 6.07 Å². The first-order valence-electron chi connectivity index (χ1n) is 3.79. The van der Waals surface area contributed by atoms with Crippen molar-refractivity contribution in [2.45, 2.75) is 0 Å². The Morgan fingerprint density at radius 3 is 2.71 bits per heavy atom. The Bertz CT molecular complexity index is 421. The van der Waals surface area contributed by atoms with Gasteiger partial charge in [0, 0.05) is 16.9 Å². The maximum absolute atomic E-state index is 8.87. The number of rotatable bonds is 3. The molecule has 0 radical (unpaired) electrons. The van der Waals surface area contributed by atoms with Gasteiger partial charge in [-0.25, -0.2) is 4.98 Å². The largest absolute Gasteiger partial charge is 0.306 e. The number of hydrogen-bond acceptors (Lipinski definition) is 2. The van der Waals surface area contributed by atoms with E-state index < -0.39 is 0 Å². The summed E-state index contributed by atoms with van der Waals surface area (Å²) in [7, 11) is 0. The predicted molar refractivity (Wildman–Crippen MR) is 59.3 cm³/mol. The summed E-state index contributed by atoms with van der Waals surface area (Å²) in [5.41, 5.74) is 1.02. The number of hydrogen-bond donors (Lipinski definition) is 0. The van der Waals surface area contributed by atoms with E-state index in [1.165, 1.54) is 0 Å². The Hall–Kier alpha value is -1.60. The van der Waals surface area contributed by atoms with Crippen LogP contribution < -0.4 is 0 Å². The third kappa shape index (κ3) is 2.44. The van der Waals surface area contributed by atoms with Gasteiger partial charge in [0.05, 0.1) is 17.6 Å². The Labute approximate surface area is 90.8 Å². The first kappa shape index (κ1) is 10.5. The zero-order valence-electron chi connectivity index (χ0n) is 7.44. The highest BCUT2D eigenvalue weighted by atomic mass is 79.9. The van der Waals surface area contributed by atoms with Crippen LogP contribution >= 0.6 is 15.9 Å². The van der Waals surface area contributed by atoms with Crippen LogP contribution in [0.25, 0.3) is 5.70 Å². The van der Waals surface area contributed by atoms with Crippen LogP contribution in [0.2, 0.25) is 0 Å². The summed E-state index contributed by atoms with van der Waals surface area (Å²) in [6.07, 6.45) is 6.56. The zero-order chi connectivity index (χ0) is 10.6. The van der Waals surface area contributed by atoms with Crippen molar-refractivity contribution in [3.63, 3.8) is 0 Å². The van der Waals surface area contributed by atoms with Crippen molar-refractivity contribution in [2.24, 2.45) is 0 Å². The van der Waals surface area contributed by atoms with Crippen molar-refractivity contribution in [1.82, 2.24) is 9.55 Å². The molecule has 1 rings (SSSR count). The predicted octanol–water partition coefficient (Wildman–Crippen LogP) is 2.71. The van der Waals surface area contributed by atoms with Crippen molar-refractivity contribution in [1.29, 1.82) is 5.26 Å². The summed E-state index contributed by atoms with van der Waals surface area (Å²) in [6, 6.07) is 2.04. The van der Waals surface area contributed by atoms with E-state index in [0.717, 1.165) is 0 Å². The summed E-state index contributed by atoms with van der Waals surface area (Å²) in [5, 5.41) is 8.87. The number of nitrogens with zero attached hydrogens (tertiary/aromatic N) is 3. The lowest BCUT2D eigenvalue weighted by atomic mass is 10.2. The third-order valence-corrected chi connectivity index (χ3v) is 1.78. The van der Waals surface area contributed by atoms with E-state index in [-0.39, 0.29) is 0 Å². The average Bonchev–Trinajstić information content (AvgIpc) is 2.65. The number of allylic oxidation sites excluding steroid dienone is 4. The fourth-order valence-corrected chi connectivity index (χ4v) is 1.12. The highest BCUT2D eigenvalue weighted by molar-refractivity contribution is 9.11. The van der Waals surface area contributed by atoms with Crippen LogP contribution in [0.3, 0.4) is 0 Å². The van der Waals surface area contributed by atoms with Gasteiger partial charge in [0.15, 0.2) is 0 Å². The molecular formula is C10H8BrN3. The second-order valence-corrected chi connectivity index (χ2v) is 3.55. The van der Waals surface area contributed by atoms with Gasteiger partial charge in [-0.15, -0.1) is 0 Å². The molecule has 3 nitrogen and oxygen atoms in total. The Morgan fingerprint density at radius 2 is 2.29 bits per heavy atom. The van der Waals surface area contributed by atoms with Gasteiger partial charge in [0.25, 0.3) is 0 Å². The summed E-state index contributed by atoms with van der Waals surface area (Å²) >= 11 is 3.16. The lowest BCUT2D eigenvalue weighted by Gasteiger charge is -2.03. The van der Waals surface area contributed by atoms with Crippen LogP contribution in [0.4, 0.5) is 0 Å². The summed E-state index contributed by atoms with van der Waals surface area (Å²) in [4.78, 5) is 3.87. The van der Waals surface area contributed by atoms with Crippen molar-refractivity contribution in [3.05, 3.63) is 48.0 Å². The van der Waals surface area contributed by atoms with Crippen LogP contribution in [0.1, 0.15) is 0 Å². The monoisotopic (exact) mass is 249 g/mol. The fourth-order valence-electron chi connectivity index (χ4n) is 0.895. The molecule has 14 heavy (non-hydrogen) atoms. The molecule has 0 N–H and O–H groups in total. The molecule has 0 bridgehead atoms. The first-order chi connectivity index (χ1) is 6.65. The van der Waals surface area contributed by atoms with Gasteiger partial charge in [0.2, 0.25) is 0 Å². The molecule has 1 heterocycles. The van der Waals surface area contributed by atoms with Crippen LogP contribution in [-0.2, 0) is 0 Å². The molecule has 0 amide bonds. The molecule has 1 aromatic rings. The number of halogens is 1. The number of imidazole rings is 1. The normalized spacial score (nSPS) is 10.7. The Morgan fingerprint density at radius 1 is 1.57 bits per heavy atom. The second kappa shape index (κ2) is 4.58. The molecule has 0 unspecified atom stereocenters. The molecule has 0 aliphatic carbocycles. The molecule has 0 spiro atoms. The van der Waals surface area contributed by atoms with Crippen molar-refractivity contribution >= 4 is 21.6 Å². The maximum Gasteiger partial charge on any atom is 0.101 e. The third-order valence-electron chi connectivity index (χ3n) is 1.55. The molecule has 70 valence electrons. The van der Waals surface area contributed by atoms with E-state index in [4.69, 9.17) is 5.26 Å². The van der Waals surface area contributed by atoms with E-state index in [0.29, 0.717) is 15.8 Å². The zero-order valence-corrected chi connectivity index (χ0v) is 9.03. The summed E-state index contributed by atoms with van der Waals surface area (Å²) < 4.78 is 2.31. The van der Waals surface area contributed by atoms with Gasteiger partial charge in [-0.1, -0.05) is 29.1 Å². The highest BCUT2D eigenvalue weighted by Crippen LogP contribution is 2.16.